The predicted octanol–water partition coefficient (Wildman–Crippen LogP) is 2.22. The molecule has 0 radical (unpaired) electrons. The molecule has 1 rings (SSSR count). The first-order chi connectivity index (χ1) is 9.22. The highest BCUT2D eigenvalue weighted by Crippen LogP contribution is 2.25. The minimum absolute atomic E-state index is 0.189. The van der Waals surface area contributed by atoms with Gasteiger partial charge < -0.3 is 15.8 Å². The van der Waals surface area contributed by atoms with Crippen LogP contribution in [0, 0.1) is 5.92 Å². The Bertz CT molecular complexity index is 238. The van der Waals surface area contributed by atoms with E-state index >= 15 is 0 Å². The van der Waals surface area contributed by atoms with E-state index in [0.29, 0.717) is 18.4 Å². The van der Waals surface area contributed by atoms with Gasteiger partial charge in [0.05, 0.1) is 0 Å². The predicted molar refractivity (Wildman–Crippen MR) is 77.9 cm³/mol. The van der Waals surface area contributed by atoms with E-state index in [1.165, 1.54) is 6.42 Å². The van der Waals surface area contributed by atoms with Gasteiger partial charge in [-0.05, 0) is 44.4 Å². The molecular weight excluding hydrogens is 240 g/mol. The van der Waals surface area contributed by atoms with Gasteiger partial charge in [-0.3, -0.25) is 4.79 Å². The van der Waals surface area contributed by atoms with Crippen LogP contribution in [0.5, 0.6) is 0 Å². The zero-order valence-corrected chi connectivity index (χ0v) is 12.3. The third-order valence-electron chi connectivity index (χ3n) is 3.80. The van der Waals surface area contributed by atoms with Gasteiger partial charge in [-0.1, -0.05) is 13.3 Å². The average Bonchev–Trinajstić information content (AvgIpc) is 2.40. The van der Waals surface area contributed by atoms with E-state index < -0.39 is 0 Å². The highest BCUT2D eigenvalue weighted by molar-refractivity contribution is 5.76. The highest BCUT2D eigenvalue weighted by Gasteiger charge is 2.20. The number of amides is 1. The molecule has 0 unspecified atom stereocenters. The summed E-state index contributed by atoms with van der Waals surface area (Å²) in [5, 5.41) is 2.98. The molecule has 1 aliphatic carbocycles. The number of nitrogens with two attached hydrogens (primary N) is 1. The summed E-state index contributed by atoms with van der Waals surface area (Å²) < 4.78 is 5.45. The summed E-state index contributed by atoms with van der Waals surface area (Å²) in [6.45, 7) is 4.48. The molecule has 0 aliphatic heterocycles. The summed E-state index contributed by atoms with van der Waals surface area (Å²) in [6.07, 6.45) is 8.22. The first-order valence-electron chi connectivity index (χ1n) is 7.82. The number of hydrogen-bond donors (Lipinski definition) is 2. The van der Waals surface area contributed by atoms with Crippen LogP contribution in [0.1, 0.15) is 58.3 Å². The van der Waals surface area contributed by atoms with Crippen molar-refractivity contribution in [2.45, 2.75) is 64.3 Å². The minimum Gasteiger partial charge on any atom is -0.381 e. The summed E-state index contributed by atoms with van der Waals surface area (Å²) in [7, 11) is 0. The van der Waals surface area contributed by atoms with Gasteiger partial charge in [-0.15, -0.1) is 0 Å². The van der Waals surface area contributed by atoms with Gasteiger partial charge in [0.25, 0.3) is 0 Å². The van der Waals surface area contributed by atoms with E-state index in [1.807, 2.05) is 0 Å². The van der Waals surface area contributed by atoms with Crippen LogP contribution in [0.25, 0.3) is 0 Å². The van der Waals surface area contributed by atoms with Gasteiger partial charge in [0.1, 0.15) is 0 Å². The molecule has 1 fully saturated rings. The Kier molecular flexibility index (Phi) is 8.84. The first-order valence-corrected chi connectivity index (χ1v) is 7.82. The molecule has 1 amide bonds. The van der Waals surface area contributed by atoms with E-state index in [1.54, 1.807) is 0 Å². The van der Waals surface area contributed by atoms with Crippen molar-refractivity contribution in [1.82, 2.24) is 5.32 Å². The molecule has 0 bridgehead atoms. The zero-order chi connectivity index (χ0) is 13.9. The van der Waals surface area contributed by atoms with Crippen molar-refractivity contribution in [3.05, 3.63) is 0 Å². The Labute approximate surface area is 117 Å². The summed E-state index contributed by atoms with van der Waals surface area (Å²) >= 11 is 0. The van der Waals surface area contributed by atoms with Crippen molar-refractivity contribution in [2.24, 2.45) is 11.7 Å². The number of nitrogens with one attached hydrogen (secondary N) is 1. The SMILES string of the molecule is CCCCOCCCNC(=O)CC1CCC(N)CC1. The summed E-state index contributed by atoms with van der Waals surface area (Å²) in [5.41, 5.74) is 5.86. The second-order valence-corrected chi connectivity index (χ2v) is 5.65. The molecule has 1 aliphatic rings. The number of carbonyl (C=O) groups excluding carboxylic acids is 1. The largest absolute Gasteiger partial charge is 0.381 e. The van der Waals surface area contributed by atoms with Crippen LogP contribution in [0.3, 0.4) is 0 Å². The van der Waals surface area contributed by atoms with Crippen LogP contribution < -0.4 is 11.1 Å². The molecule has 3 N–H and O–H groups in total. The van der Waals surface area contributed by atoms with Crippen molar-refractivity contribution < 1.29 is 9.53 Å². The van der Waals surface area contributed by atoms with E-state index in [4.69, 9.17) is 10.5 Å². The lowest BCUT2D eigenvalue weighted by Crippen LogP contribution is -2.31. The molecule has 0 heterocycles. The zero-order valence-electron chi connectivity index (χ0n) is 12.3. The number of unbranched alkanes of at least 4 members (excludes halogenated alkanes) is 1. The molecule has 112 valence electrons. The molecule has 0 aromatic heterocycles. The summed E-state index contributed by atoms with van der Waals surface area (Å²) in [6, 6.07) is 0.361. The Morgan fingerprint density at radius 3 is 2.58 bits per heavy atom. The van der Waals surface area contributed by atoms with Gasteiger partial charge in [0.15, 0.2) is 0 Å². The first kappa shape index (κ1) is 16.4. The Morgan fingerprint density at radius 1 is 1.21 bits per heavy atom. The average molecular weight is 270 g/mol. The second-order valence-electron chi connectivity index (χ2n) is 5.65. The maximum atomic E-state index is 11.7. The van der Waals surface area contributed by atoms with Crippen LogP contribution >= 0.6 is 0 Å². The van der Waals surface area contributed by atoms with E-state index in [2.05, 4.69) is 12.2 Å². The van der Waals surface area contributed by atoms with E-state index in [0.717, 1.165) is 58.3 Å². The number of carbonyl (C=O) groups is 1. The summed E-state index contributed by atoms with van der Waals surface area (Å²) in [5.74, 6) is 0.731. The molecule has 0 spiro atoms. The fraction of sp³-hybridized carbons (Fsp3) is 0.933. The van der Waals surface area contributed by atoms with Crippen LogP contribution in [-0.2, 0) is 9.53 Å². The molecule has 4 nitrogen and oxygen atoms in total. The van der Waals surface area contributed by atoms with Gasteiger partial charge in [0, 0.05) is 32.2 Å². The minimum atomic E-state index is 0.189. The third-order valence-corrected chi connectivity index (χ3v) is 3.80. The smallest absolute Gasteiger partial charge is 0.220 e. The van der Waals surface area contributed by atoms with Crippen LogP contribution in [0.4, 0.5) is 0 Å². The standard InChI is InChI=1S/C15H30N2O2/c1-2-3-10-19-11-4-9-17-15(18)12-13-5-7-14(16)8-6-13/h13-14H,2-12,16H2,1H3,(H,17,18). The Morgan fingerprint density at radius 2 is 1.89 bits per heavy atom. The molecular formula is C15H30N2O2. The van der Waals surface area contributed by atoms with Gasteiger partial charge in [-0.25, -0.2) is 0 Å². The lowest BCUT2D eigenvalue weighted by molar-refractivity contribution is -0.122. The van der Waals surface area contributed by atoms with Crippen LogP contribution in [-0.4, -0.2) is 31.7 Å². The van der Waals surface area contributed by atoms with Crippen molar-refractivity contribution in [3.63, 3.8) is 0 Å². The van der Waals surface area contributed by atoms with E-state index in [-0.39, 0.29) is 5.91 Å². The monoisotopic (exact) mass is 270 g/mol. The van der Waals surface area contributed by atoms with Crippen molar-refractivity contribution in [3.8, 4) is 0 Å². The van der Waals surface area contributed by atoms with Crippen molar-refractivity contribution in [1.29, 1.82) is 0 Å². The molecule has 1 saturated carbocycles. The topological polar surface area (TPSA) is 64.3 Å². The van der Waals surface area contributed by atoms with Gasteiger partial charge in [0.2, 0.25) is 5.91 Å². The highest BCUT2D eigenvalue weighted by atomic mass is 16.5. The van der Waals surface area contributed by atoms with Crippen LogP contribution in [0.2, 0.25) is 0 Å². The molecule has 0 aromatic rings. The number of ether oxygens (including phenoxy) is 1. The molecule has 0 aromatic carbocycles. The number of rotatable bonds is 9. The fourth-order valence-corrected chi connectivity index (χ4v) is 2.48. The van der Waals surface area contributed by atoms with Crippen molar-refractivity contribution in [2.75, 3.05) is 19.8 Å². The lowest BCUT2D eigenvalue weighted by Gasteiger charge is -2.25. The van der Waals surface area contributed by atoms with Gasteiger partial charge in [-0.2, -0.15) is 0 Å². The maximum Gasteiger partial charge on any atom is 0.220 e. The van der Waals surface area contributed by atoms with Gasteiger partial charge >= 0.3 is 0 Å². The lowest BCUT2D eigenvalue weighted by atomic mass is 9.84. The molecule has 4 heteroatoms. The van der Waals surface area contributed by atoms with E-state index in [9.17, 15) is 4.79 Å². The molecule has 0 atom stereocenters. The molecule has 19 heavy (non-hydrogen) atoms. The third kappa shape index (κ3) is 8.22. The molecule has 0 saturated heterocycles. The van der Waals surface area contributed by atoms with Crippen molar-refractivity contribution >= 4 is 5.91 Å². The fourth-order valence-electron chi connectivity index (χ4n) is 2.48. The normalized spacial score (nSPS) is 23.3. The quantitative estimate of drug-likeness (QED) is 0.631. The Balaban J connectivity index is 1.93. The number of hydrogen-bond acceptors (Lipinski definition) is 3. The summed E-state index contributed by atoms with van der Waals surface area (Å²) in [4.78, 5) is 11.7. The second kappa shape index (κ2) is 10.2. The maximum absolute atomic E-state index is 11.7. The Hall–Kier alpha value is -0.610. The van der Waals surface area contributed by atoms with Crippen LogP contribution in [0.15, 0.2) is 0 Å².